The first-order valence-corrected chi connectivity index (χ1v) is 12.3. The van der Waals surface area contributed by atoms with E-state index in [0.29, 0.717) is 11.6 Å². The number of amides is 1. The quantitative estimate of drug-likeness (QED) is 0.420. The summed E-state index contributed by atoms with van der Waals surface area (Å²) in [6, 6.07) is 13.1. The maximum Gasteiger partial charge on any atom is 0.309 e. The largest absolute Gasteiger partial charge is 0.466 e. The van der Waals surface area contributed by atoms with Gasteiger partial charge < -0.3 is 14.5 Å². The van der Waals surface area contributed by atoms with Crippen molar-refractivity contribution in [2.24, 2.45) is 5.92 Å². The molecule has 8 heteroatoms. The standard InChI is InChI=1S/C25H27ClN2O4S/c1-3-31-25(30)17-10-12-28(13-11-17)22(18-7-4-5-8-20(18)26)19-15-16(2)33-24(19)27-23(29)21-9-6-14-32-21/h4-9,14-15,17,22H,3,10-13H2,1-2H3,(H,27,29)/t22-/m1/s1. The van der Waals surface area contributed by atoms with Crippen LogP contribution >= 0.6 is 22.9 Å². The third-order valence-corrected chi connectivity index (χ3v) is 7.19. The van der Waals surface area contributed by atoms with Gasteiger partial charge in [-0.15, -0.1) is 11.3 Å². The van der Waals surface area contributed by atoms with Crippen molar-refractivity contribution >= 4 is 39.8 Å². The molecule has 6 nitrogen and oxygen atoms in total. The molecule has 3 heterocycles. The molecule has 1 fully saturated rings. The lowest BCUT2D eigenvalue weighted by molar-refractivity contribution is -0.149. The number of furan rings is 1. The van der Waals surface area contributed by atoms with E-state index in [4.69, 9.17) is 20.8 Å². The topological polar surface area (TPSA) is 71.8 Å². The van der Waals surface area contributed by atoms with E-state index in [-0.39, 0.29) is 29.6 Å². The summed E-state index contributed by atoms with van der Waals surface area (Å²) in [5.74, 6) is -0.238. The van der Waals surface area contributed by atoms with Gasteiger partial charge in [0.2, 0.25) is 0 Å². The van der Waals surface area contributed by atoms with E-state index < -0.39 is 0 Å². The normalized spacial score (nSPS) is 15.8. The fourth-order valence-corrected chi connectivity index (χ4v) is 5.50. The number of esters is 1. The van der Waals surface area contributed by atoms with E-state index in [1.807, 2.05) is 38.1 Å². The van der Waals surface area contributed by atoms with E-state index in [1.54, 1.807) is 12.1 Å². The molecule has 0 unspecified atom stereocenters. The van der Waals surface area contributed by atoms with Crippen LogP contribution in [0.4, 0.5) is 5.00 Å². The Bertz CT molecular complexity index is 1100. The zero-order valence-corrected chi connectivity index (χ0v) is 20.2. The maximum atomic E-state index is 12.7. The van der Waals surface area contributed by atoms with Crippen LogP contribution in [0.25, 0.3) is 0 Å². The third-order valence-electron chi connectivity index (χ3n) is 5.87. The first-order valence-electron chi connectivity index (χ1n) is 11.1. The van der Waals surface area contributed by atoms with Gasteiger partial charge in [-0.3, -0.25) is 14.5 Å². The number of benzene rings is 1. The number of likely N-dealkylation sites (tertiary alicyclic amines) is 1. The van der Waals surface area contributed by atoms with Crippen molar-refractivity contribution in [2.45, 2.75) is 32.7 Å². The van der Waals surface area contributed by atoms with Crippen molar-refractivity contribution in [1.29, 1.82) is 0 Å². The predicted molar refractivity (Wildman–Crippen MR) is 130 cm³/mol. The van der Waals surface area contributed by atoms with E-state index in [2.05, 4.69) is 16.3 Å². The van der Waals surface area contributed by atoms with Crippen LogP contribution in [0.15, 0.2) is 53.1 Å². The van der Waals surface area contributed by atoms with Crippen LogP contribution in [0.5, 0.6) is 0 Å². The fraction of sp³-hybridized carbons (Fsp3) is 0.360. The molecule has 1 amide bonds. The molecule has 1 saturated heterocycles. The SMILES string of the molecule is CCOC(=O)C1CCN([C@H](c2ccccc2Cl)c2cc(C)sc2NC(=O)c2ccco2)CC1. The average molecular weight is 487 g/mol. The van der Waals surface area contributed by atoms with Crippen LogP contribution < -0.4 is 5.32 Å². The summed E-state index contributed by atoms with van der Waals surface area (Å²) in [4.78, 5) is 28.4. The minimum atomic E-state index is -0.290. The third kappa shape index (κ3) is 5.32. The van der Waals surface area contributed by atoms with Crippen LogP contribution in [0.1, 0.15) is 52.4 Å². The molecule has 0 radical (unpaired) electrons. The number of hydrogen-bond acceptors (Lipinski definition) is 6. The minimum Gasteiger partial charge on any atom is -0.466 e. The van der Waals surface area contributed by atoms with Crippen LogP contribution in [-0.4, -0.2) is 36.5 Å². The molecule has 0 bridgehead atoms. The van der Waals surface area contributed by atoms with Crippen molar-refractivity contribution in [1.82, 2.24) is 4.90 Å². The second kappa shape index (κ2) is 10.5. The van der Waals surface area contributed by atoms with Crippen molar-refractivity contribution in [3.8, 4) is 0 Å². The first-order chi connectivity index (χ1) is 16.0. The van der Waals surface area contributed by atoms with Crippen molar-refractivity contribution in [2.75, 3.05) is 25.0 Å². The molecular formula is C25H27ClN2O4S. The Balaban J connectivity index is 1.65. The summed E-state index contributed by atoms with van der Waals surface area (Å²) in [5, 5.41) is 4.47. The summed E-state index contributed by atoms with van der Waals surface area (Å²) in [6.07, 6.45) is 2.92. The molecule has 4 rings (SSSR count). The maximum absolute atomic E-state index is 12.7. The molecule has 0 saturated carbocycles. The molecule has 1 N–H and O–H groups in total. The highest BCUT2D eigenvalue weighted by Crippen LogP contribution is 2.42. The van der Waals surface area contributed by atoms with E-state index >= 15 is 0 Å². The Morgan fingerprint density at radius 2 is 1.97 bits per heavy atom. The highest BCUT2D eigenvalue weighted by Gasteiger charge is 2.33. The zero-order valence-electron chi connectivity index (χ0n) is 18.7. The van der Waals surface area contributed by atoms with E-state index in [1.165, 1.54) is 17.6 Å². The van der Waals surface area contributed by atoms with Gasteiger partial charge in [-0.1, -0.05) is 29.8 Å². The number of piperidine rings is 1. The lowest BCUT2D eigenvalue weighted by Crippen LogP contribution is -2.39. The molecule has 1 aromatic carbocycles. The van der Waals surface area contributed by atoms with Gasteiger partial charge in [-0.25, -0.2) is 0 Å². The average Bonchev–Trinajstić information content (AvgIpc) is 3.46. The highest BCUT2D eigenvalue weighted by molar-refractivity contribution is 7.16. The number of carbonyl (C=O) groups excluding carboxylic acids is 2. The fourth-order valence-electron chi connectivity index (χ4n) is 4.32. The van der Waals surface area contributed by atoms with Crippen molar-refractivity contribution in [3.63, 3.8) is 0 Å². The predicted octanol–water partition coefficient (Wildman–Crippen LogP) is 5.92. The number of halogens is 1. The number of hydrogen-bond donors (Lipinski definition) is 1. The number of aryl methyl sites for hydroxylation is 1. The Morgan fingerprint density at radius 3 is 2.64 bits per heavy atom. The summed E-state index contributed by atoms with van der Waals surface area (Å²) < 4.78 is 10.5. The van der Waals surface area contributed by atoms with Crippen LogP contribution in [0, 0.1) is 12.8 Å². The van der Waals surface area contributed by atoms with Crippen LogP contribution in [0.2, 0.25) is 5.02 Å². The van der Waals surface area contributed by atoms with Gasteiger partial charge >= 0.3 is 5.97 Å². The minimum absolute atomic E-state index is 0.0876. The number of nitrogens with zero attached hydrogens (tertiary/aromatic N) is 1. The lowest BCUT2D eigenvalue weighted by atomic mass is 9.91. The van der Waals surface area contributed by atoms with Crippen LogP contribution in [0.3, 0.4) is 0 Å². The zero-order chi connectivity index (χ0) is 23.4. The van der Waals surface area contributed by atoms with Crippen LogP contribution in [-0.2, 0) is 9.53 Å². The molecule has 3 aromatic rings. The highest BCUT2D eigenvalue weighted by atomic mass is 35.5. The smallest absolute Gasteiger partial charge is 0.309 e. The Hall–Kier alpha value is -2.61. The van der Waals surface area contributed by atoms with E-state index in [0.717, 1.165) is 46.9 Å². The molecule has 174 valence electrons. The second-order valence-corrected chi connectivity index (χ2v) is 9.72. The van der Waals surface area contributed by atoms with Gasteiger partial charge in [0.25, 0.3) is 5.91 Å². The van der Waals surface area contributed by atoms with Crippen molar-refractivity contribution in [3.05, 3.63) is 75.5 Å². The van der Waals surface area contributed by atoms with Gasteiger partial charge in [0.1, 0.15) is 5.00 Å². The molecule has 1 atom stereocenters. The summed E-state index contributed by atoms with van der Waals surface area (Å²) in [5.41, 5.74) is 1.96. The van der Waals surface area contributed by atoms with Gasteiger partial charge in [0.15, 0.2) is 5.76 Å². The number of ether oxygens (including phenoxy) is 1. The summed E-state index contributed by atoms with van der Waals surface area (Å²) in [7, 11) is 0. The van der Waals surface area contributed by atoms with Crippen molar-refractivity contribution < 1.29 is 18.7 Å². The molecule has 2 aromatic heterocycles. The van der Waals surface area contributed by atoms with Gasteiger partial charge in [0, 0.05) is 15.5 Å². The van der Waals surface area contributed by atoms with Gasteiger partial charge in [-0.2, -0.15) is 0 Å². The number of carbonyl (C=O) groups is 2. The molecule has 0 spiro atoms. The molecule has 1 aliphatic rings. The molecular weight excluding hydrogens is 460 g/mol. The van der Waals surface area contributed by atoms with E-state index in [9.17, 15) is 9.59 Å². The molecule has 0 aliphatic carbocycles. The molecule has 1 aliphatic heterocycles. The Morgan fingerprint density at radius 1 is 1.21 bits per heavy atom. The number of rotatable bonds is 7. The monoisotopic (exact) mass is 486 g/mol. The second-order valence-electron chi connectivity index (χ2n) is 8.06. The van der Waals surface area contributed by atoms with Gasteiger partial charge in [-0.05, 0) is 69.6 Å². The first kappa shape index (κ1) is 23.5. The lowest BCUT2D eigenvalue weighted by Gasteiger charge is -2.37. The Labute approximate surface area is 202 Å². The summed E-state index contributed by atoms with van der Waals surface area (Å²) in [6.45, 7) is 5.69. The van der Waals surface area contributed by atoms with Gasteiger partial charge in [0.05, 0.1) is 24.8 Å². The Kier molecular flexibility index (Phi) is 7.53. The number of anilines is 1. The number of nitrogens with one attached hydrogen (secondary N) is 1. The summed E-state index contributed by atoms with van der Waals surface area (Å²) >= 11 is 8.18. The molecule has 33 heavy (non-hydrogen) atoms. The number of thiophene rings is 1.